The maximum Gasteiger partial charge on any atom is 0.261 e. The number of amides is 1. The molecule has 0 radical (unpaired) electrons. The van der Waals surface area contributed by atoms with Crippen molar-refractivity contribution >= 4 is 21.4 Å². The molecular weight excluding hydrogens is 330 g/mol. The Hall–Kier alpha value is -2.87. The molecule has 1 aromatic carbocycles. The Morgan fingerprint density at radius 2 is 1.96 bits per heavy atom. The molecular formula is C16H15N3O4S. The molecule has 7 nitrogen and oxygen atoms in total. The first-order valence-electron chi connectivity index (χ1n) is 7.16. The van der Waals surface area contributed by atoms with Crippen LogP contribution in [0.4, 0.5) is 5.69 Å². The van der Waals surface area contributed by atoms with Crippen LogP contribution in [0.1, 0.15) is 10.4 Å². The van der Waals surface area contributed by atoms with Crippen LogP contribution in [0, 0.1) is 0 Å². The molecule has 1 aromatic heterocycles. The van der Waals surface area contributed by atoms with Gasteiger partial charge in [-0.3, -0.25) is 9.59 Å². The number of hydrogen-bond donors (Lipinski definition) is 3. The van der Waals surface area contributed by atoms with Crippen molar-refractivity contribution in [2.45, 2.75) is 6.04 Å². The Morgan fingerprint density at radius 1 is 1.25 bits per heavy atom. The fraction of sp³-hybridized carbons (Fsp3) is 0.125. The fourth-order valence-electron chi connectivity index (χ4n) is 2.47. The number of aromatic nitrogens is 1. The van der Waals surface area contributed by atoms with Crippen molar-refractivity contribution < 1.29 is 13.2 Å². The first kappa shape index (κ1) is 16.0. The molecule has 0 fully saturated rings. The molecule has 2 aromatic rings. The van der Waals surface area contributed by atoms with Crippen LogP contribution in [0.15, 0.2) is 52.7 Å². The topological polar surface area (TPSA) is 122 Å². The Labute approximate surface area is 138 Å². The molecule has 1 atom stereocenters. The summed E-state index contributed by atoms with van der Waals surface area (Å²) in [6.45, 7) is 0. The average Bonchev–Trinajstić information content (AvgIpc) is 2.88. The molecule has 3 rings (SSSR count). The summed E-state index contributed by atoms with van der Waals surface area (Å²) in [5.41, 5.74) is 6.60. The van der Waals surface area contributed by atoms with Crippen molar-refractivity contribution in [1.82, 2.24) is 10.3 Å². The third-order valence-electron chi connectivity index (χ3n) is 3.63. The van der Waals surface area contributed by atoms with E-state index in [1.54, 1.807) is 24.3 Å². The van der Waals surface area contributed by atoms with Crippen LogP contribution in [-0.2, 0) is 9.84 Å². The summed E-state index contributed by atoms with van der Waals surface area (Å²) in [7, 11) is -3.29. The number of hydrogen-bond acceptors (Lipinski definition) is 5. The van der Waals surface area contributed by atoms with Crippen LogP contribution < -0.4 is 16.6 Å². The van der Waals surface area contributed by atoms with Crippen molar-refractivity contribution in [3.8, 4) is 11.3 Å². The fourth-order valence-corrected chi connectivity index (χ4v) is 3.71. The second kappa shape index (κ2) is 5.97. The predicted octanol–water partition coefficient (Wildman–Crippen LogP) is 0.665. The molecule has 2 heterocycles. The van der Waals surface area contributed by atoms with E-state index in [4.69, 9.17) is 5.73 Å². The number of aromatic amines is 1. The summed E-state index contributed by atoms with van der Waals surface area (Å²) in [5.74, 6) is -0.886. The van der Waals surface area contributed by atoms with E-state index in [-0.39, 0.29) is 17.0 Å². The molecule has 24 heavy (non-hydrogen) atoms. The number of nitrogen functional groups attached to an aromatic ring is 1. The Morgan fingerprint density at radius 3 is 2.58 bits per heavy atom. The summed E-state index contributed by atoms with van der Waals surface area (Å²) in [5, 5.41) is 3.55. The molecule has 8 heteroatoms. The molecule has 124 valence electrons. The number of nitrogens with two attached hydrogens (primary N) is 1. The highest BCUT2D eigenvalue weighted by Gasteiger charge is 2.24. The van der Waals surface area contributed by atoms with Gasteiger partial charge in [0.05, 0.1) is 23.2 Å². The number of nitrogens with one attached hydrogen (secondary N) is 2. The number of H-pyrrole nitrogens is 1. The lowest BCUT2D eigenvalue weighted by molar-refractivity contribution is 0.0946. The van der Waals surface area contributed by atoms with Crippen LogP contribution in [0.3, 0.4) is 0 Å². The molecule has 0 unspecified atom stereocenters. The highest BCUT2D eigenvalue weighted by atomic mass is 32.2. The van der Waals surface area contributed by atoms with E-state index in [2.05, 4.69) is 10.3 Å². The van der Waals surface area contributed by atoms with Gasteiger partial charge in [0.15, 0.2) is 9.84 Å². The Bertz CT molecular complexity index is 978. The third-order valence-corrected chi connectivity index (χ3v) is 5.02. The lowest BCUT2D eigenvalue weighted by Gasteiger charge is -2.11. The normalized spacial score (nSPS) is 18.4. The van der Waals surface area contributed by atoms with E-state index in [0.29, 0.717) is 5.69 Å². The van der Waals surface area contributed by atoms with Crippen LogP contribution in [0.25, 0.3) is 11.3 Å². The van der Waals surface area contributed by atoms with Crippen molar-refractivity contribution in [1.29, 1.82) is 0 Å². The summed E-state index contributed by atoms with van der Waals surface area (Å²) in [4.78, 5) is 27.0. The van der Waals surface area contributed by atoms with E-state index >= 15 is 0 Å². The Kier molecular flexibility index (Phi) is 3.98. The number of carbonyl (C=O) groups is 1. The van der Waals surface area contributed by atoms with Gasteiger partial charge in [-0.05, 0) is 12.1 Å². The summed E-state index contributed by atoms with van der Waals surface area (Å²) in [6.07, 6.45) is 1.38. The minimum Gasteiger partial charge on any atom is -0.397 e. The van der Waals surface area contributed by atoms with E-state index < -0.39 is 27.3 Å². The lowest BCUT2D eigenvalue weighted by atomic mass is 10.1. The number of pyridine rings is 1. The Balaban J connectivity index is 1.87. The zero-order chi connectivity index (χ0) is 17.3. The number of anilines is 1. The van der Waals surface area contributed by atoms with Gasteiger partial charge in [0.25, 0.3) is 11.5 Å². The smallest absolute Gasteiger partial charge is 0.261 e. The minimum absolute atomic E-state index is 0.162. The van der Waals surface area contributed by atoms with Gasteiger partial charge in [0.1, 0.15) is 5.56 Å². The van der Waals surface area contributed by atoms with Gasteiger partial charge in [-0.1, -0.05) is 30.3 Å². The second-order valence-corrected chi connectivity index (χ2v) is 7.38. The van der Waals surface area contributed by atoms with E-state index in [1.807, 2.05) is 6.07 Å². The number of benzene rings is 1. The summed E-state index contributed by atoms with van der Waals surface area (Å²) < 4.78 is 22.7. The molecule has 1 aliphatic rings. The maximum absolute atomic E-state index is 12.2. The molecule has 4 N–H and O–H groups in total. The highest BCUT2D eigenvalue weighted by molar-refractivity contribution is 7.94. The van der Waals surface area contributed by atoms with Crippen molar-refractivity contribution in [3.05, 3.63) is 63.8 Å². The van der Waals surface area contributed by atoms with Crippen molar-refractivity contribution in [2.24, 2.45) is 0 Å². The monoisotopic (exact) mass is 345 g/mol. The highest BCUT2D eigenvalue weighted by Crippen LogP contribution is 2.22. The van der Waals surface area contributed by atoms with Crippen molar-refractivity contribution in [2.75, 3.05) is 11.5 Å². The lowest BCUT2D eigenvalue weighted by Crippen LogP contribution is -2.38. The van der Waals surface area contributed by atoms with Crippen LogP contribution >= 0.6 is 0 Å². The van der Waals surface area contributed by atoms with Gasteiger partial charge in [-0.25, -0.2) is 8.42 Å². The SMILES string of the molecule is Nc1cc(C(=O)N[C@@H]2C=CS(=O)(=O)C2)c(=O)[nH]c1-c1ccccc1. The van der Waals surface area contributed by atoms with Gasteiger partial charge < -0.3 is 16.0 Å². The zero-order valence-electron chi connectivity index (χ0n) is 12.5. The molecule has 1 aliphatic heterocycles. The molecule has 0 saturated heterocycles. The third kappa shape index (κ3) is 3.23. The van der Waals surface area contributed by atoms with Crippen LogP contribution in [0.5, 0.6) is 0 Å². The first-order valence-corrected chi connectivity index (χ1v) is 8.87. The molecule has 0 spiro atoms. The molecule has 0 aliphatic carbocycles. The zero-order valence-corrected chi connectivity index (χ0v) is 13.3. The number of carbonyl (C=O) groups excluding carboxylic acids is 1. The standard InChI is InChI=1S/C16H15N3O4S/c17-13-8-12(15(20)18-11-6-7-24(22,23)9-11)16(21)19-14(13)10-4-2-1-3-5-10/h1-8,11H,9,17H2,(H,18,20)(H,19,21)/t11-/m1/s1. The van der Waals surface area contributed by atoms with Gasteiger partial charge in [0.2, 0.25) is 0 Å². The molecule has 1 amide bonds. The number of rotatable bonds is 3. The summed E-state index contributed by atoms with van der Waals surface area (Å²) >= 11 is 0. The minimum atomic E-state index is -3.29. The van der Waals surface area contributed by atoms with E-state index in [1.165, 1.54) is 12.1 Å². The maximum atomic E-state index is 12.2. The van der Waals surface area contributed by atoms with Gasteiger partial charge in [0, 0.05) is 11.0 Å². The average molecular weight is 345 g/mol. The van der Waals surface area contributed by atoms with Crippen molar-refractivity contribution in [3.63, 3.8) is 0 Å². The second-order valence-electron chi connectivity index (χ2n) is 5.45. The van der Waals surface area contributed by atoms with Crippen LogP contribution in [-0.4, -0.2) is 31.1 Å². The van der Waals surface area contributed by atoms with E-state index in [9.17, 15) is 18.0 Å². The molecule has 0 saturated carbocycles. The van der Waals surface area contributed by atoms with Gasteiger partial charge in [-0.2, -0.15) is 0 Å². The van der Waals surface area contributed by atoms with Gasteiger partial charge >= 0.3 is 0 Å². The summed E-state index contributed by atoms with van der Waals surface area (Å²) in [6, 6.07) is 9.66. The van der Waals surface area contributed by atoms with Gasteiger partial charge in [-0.15, -0.1) is 0 Å². The predicted molar refractivity (Wildman–Crippen MR) is 91.1 cm³/mol. The number of sulfone groups is 1. The molecule has 0 bridgehead atoms. The van der Waals surface area contributed by atoms with Crippen LogP contribution in [0.2, 0.25) is 0 Å². The first-order chi connectivity index (χ1) is 11.4. The largest absolute Gasteiger partial charge is 0.397 e. The van der Waals surface area contributed by atoms with E-state index in [0.717, 1.165) is 11.0 Å². The quantitative estimate of drug-likeness (QED) is 0.754.